The largest absolute Gasteiger partial charge is 0.393 e. The van der Waals surface area contributed by atoms with Crippen LogP contribution >= 0.6 is 0 Å². The Kier molecular flexibility index (Phi) is 6.54. The highest BCUT2D eigenvalue weighted by Crippen LogP contribution is 2.67. The van der Waals surface area contributed by atoms with Crippen molar-refractivity contribution in [3.05, 3.63) is 0 Å². The molecule has 5 rings (SSSR count). The molecular weight excluding hydrogens is 380 g/mol. The van der Waals surface area contributed by atoms with Crippen molar-refractivity contribution < 1.29 is 10.2 Å². The monoisotopic (exact) mass is 430 g/mol. The first-order chi connectivity index (χ1) is 14.9. The third kappa shape index (κ3) is 4.05. The van der Waals surface area contributed by atoms with Gasteiger partial charge in [0.2, 0.25) is 0 Å². The second-order valence-corrected chi connectivity index (χ2v) is 13.3. The van der Waals surface area contributed by atoms with Gasteiger partial charge in [0, 0.05) is 0 Å². The summed E-state index contributed by atoms with van der Waals surface area (Å²) in [5.74, 6) is 5.10. The van der Waals surface area contributed by atoms with Crippen molar-refractivity contribution in [2.24, 2.45) is 46.3 Å². The fourth-order valence-corrected chi connectivity index (χ4v) is 10.1. The molecule has 0 radical (unpaired) electrons. The van der Waals surface area contributed by atoms with E-state index in [1.165, 1.54) is 89.9 Å². The van der Waals surface area contributed by atoms with Gasteiger partial charge in [-0.05, 0) is 130 Å². The molecule has 5 aliphatic carbocycles. The maximum absolute atomic E-state index is 10.7. The summed E-state index contributed by atoms with van der Waals surface area (Å²) in [6, 6.07) is 0. The molecule has 0 saturated heterocycles. The van der Waals surface area contributed by atoms with E-state index in [4.69, 9.17) is 0 Å². The van der Waals surface area contributed by atoms with Crippen molar-refractivity contribution in [2.45, 2.75) is 135 Å². The Morgan fingerprint density at radius 1 is 0.806 bits per heavy atom. The molecule has 0 aromatic heterocycles. The maximum atomic E-state index is 10.7. The van der Waals surface area contributed by atoms with E-state index in [2.05, 4.69) is 13.8 Å². The number of hydrogen-bond acceptors (Lipinski definition) is 2. The average Bonchev–Trinajstić information content (AvgIpc) is 3.11. The average molecular weight is 431 g/mol. The smallest absolute Gasteiger partial charge is 0.0568 e. The third-order valence-electron chi connectivity index (χ3n) is 12.1. The van der Waals surface area contributed by atoms with Gasteiger partial charge in [-0.3, -0.25) is 0 Å². The highest BCUT2D eigenvalue weighted by molar-refractivity contribution is 5.09. The van der Waals surface area contributed by atoms with Gasteiger partial charge in [0.15, 0.2) is 0 Å². The minimum atomic E-state index is -0.0297. The van der Waals surface area contributed by atoms with Crippen LogP contribution in [0.1, 0.15) is 123 Å². The molecule has 2 heteroatoms. The standard InChI is InChI=1S/C29H50O2/c1-28-18-16-26-24(13-11-22-19-23(30)15-17-29(22,26)2)25(28)14-12-21(28)9-6-10-27(31)20-7-4-3-5-8-20/h20-27,30-31H,3-19H2,1-2H3. The molecule has 2 N–H and O–H groups in total. The first-order valence-electron chi connectivity index (χ1n) is 14.3. The van der Waals surface area contributed by atoms with Gasteiger partial charge in [0.05, 0.1) is 12.2 Å². The zero-order valence-corrected chi connectivity index (χ0v) is 20.5. The van der Waals surface area contributed by atoms with E-state index in [1.54, 1.807) is 0 Å². The summed E-state index contributed by atoms with van der Waals surface area (Å²) in [5.41, 5.74) is 1.07. The zero-order valence-electron chi connectivity index (χ0n) is 20.5. The second-order valence-electron chi connectivity index (χ2n) is 13.3. The van der Waals surface area contributed by atoms with Crippen LogP contribution in [-0.2, 0) is 0 Å². The fraction of sp³-hybridized carbons (Fsp3) is 1.00. The molecule has 9 atom stereocenters. The molecule has 5 fully saturated rings. The zero-order chi connectivity index (χ0) is 21.6. The Morgan fingerprint density at radius 2 is 1.55 bits per heavy atom. The van der Waals surface area contributed by atoms with Crippen molar-refractivity contribution >= 4 is 0 Å². The van der Waals surface area contributed by atoms with Crippen LogP contribution in [0, 0.1) is 46.3 Å². The van der Waals surface area contributed by atoms with E-state index in [9.17, 15) is 10.2 Å². The summed E-state index contributed by atoms with van der Waals surface area (Å²) in [6.07, 6.45) is 22.2. The van der Waals surface area contributed by atoms with Gasteiger partial charge in [0.25, 0.3) is 0 Å². The van der Waals surface area contributed by atoms with Crippen molar-refractivity contribution in [1.82, 2.24) is 0 Å². The van der Waals surface area contributed by atoms with Crippen LogP contribution in [0.25, 0.3) is 0 Å². The Bertz CT molecular complexity index is 612. The van der Waals surface area contributed by atoms with Gasteiger partial charge in [-0.15, -0.1) is 0 Å². The normalized spacial score (nSPS) is 49.2. The quantitative estimate of drug-likeness (QED) is 0.487. The number of rotatable bonds is 5. The third-order valence-corrected chi connectivity index (χ3v) is 12.1. The van der Waals surface area contributed by atoms with E-state index in [0.29, 0.717) is 16.7 Å². The van der Waals surface area contributed by atoms with Gasteiger partial charge in [-0.1, -0.05) is 39.5 Å². The van der Waals surface area contributed by atoms with Crippen molar-refractivity contribution in [3.63, 3.8) is 0 Å². The molecule has 178 valence electrons. The van der Waals surface area contributed by atoms with Crippen LogP contribution in [0.3, 0.4) is 0 Å². The molecule has 0 aromatic rings. The molecule has 0 aromatic carbocycles. The summed E-state index contributed by atoms with van der Waals surface area (Å²) in [4.78, 5) is 0. The van der Waals surface area contributed by atoms with Crippen LogP contribution in [0.5, 0.6) is 0 Å². The van der Waals surface area contributed by atoms with Crippen LogP contribution in [0.2, 0.25) is 0 Å². The maximum Gasteiger partial charge on any atom is 0.0568 e. The molecule has 9 unspecified atom stereocenters. The molecule has 5 saturated carbocycles. The lowest BCUT2D eigenvalue weighted by Gasteiger charge is -2.61. The van der Waals surface area contributed by atoms with Crippen molar-refractivity contribution in [2.75, 3.05) is 0 Å². The van der Waals surface area contributed by atoms with E-state index < -0.39 is 0 Å². The Hall–Kier alpha value is -0.0800. The molecule has 0 spiro atoms. The molecular formula is C29H50O2. The van der Waals surface area contributed by atoms with Crippen LogP contribution < -0.4 is 0 Å². The predicted octanol–water partition coefficient (Wildman–Crippen LogP) is 7.12. The second kappa shape index (κ2) is 8.94. The molecule has 5 aliphatic rings. The Morgan fingerprint density at radius 3 is 2.35 bits per heavy atom. The minimum Gasteiger partial charge on any atom is -0.393 e. The lowest BCUT2D eigenvalue weighted by atomic mass is 9.44. The van der Waals surface area contributed by atoms with Gasteiger partial charge in [0.1, 0.15) is 0 Å². The SMILES string of the molecule is CC12CCC3C(CCC4CC(O)CCC43C)C1CCC2CCCC(O)C1CCCCC1. The first-order valence-corrected chi connectivity index (χ1v) is 14.3. The predicted molar refractivity (Wildman–Crippen MR) is 128 cm³/mol. The van der Waals surface area contributed by atoms with Gasteiger partial charge in [-0.25, -0.2) is 0 Å². The lowest BCUT2D eigenvalue weighted by molar-refractivity contribution is -0.127. The molecule has 0 bridgehead atoms. The topological polar surface area (TPSA) is 40.5 Å². The molecule has 0 amide bonds. The van der Waals surface area contributed by atoms with Crippen molar-refractivity contribution in [1.29, 1.82) is 0 Å². The minimum absolute atomic E-state index is 0.0247. The lowest BCUT2D eigenvalue weighted by Crippen LogP contribution is -2.53. The number of aliphatic hydroxyl groups is 2. The van der Waals surface area contributed by atoms with Crippen LogP contribution in [0.4, 0.5) is 0 Å². The first kappa shape index (κ1) is 22.7. The fourth-order valence-electron chi connectivity index (χ4n) is 10.1. The van der Waals surface area contributed by atoms with E-state index in [0.717, 1.165) is 48.9 Å². The number of hydrogen-bond donors (Lipinski definition) is 2. The summed E-state index contributed by atoms with van der Waals surface area (Å²) in [5, 5.41) is 21.0. The highest BCUT2D eigenvalue weighted by Gasteiger charge is 2.59. The van der Waals surface area contributed by atoms with E-state index in [-0.39, 0.29) is 12.2 Å². The van der Waals surface area contributed by atoms with Crippen LogP contribution in [-0.4, -0.2) is 22.4 Å². The van der Waals surface area contributed by atoms with Gasteiger partial charge < -0.3 is 10.2 Å². The van der Waals surface area contributed by atoms with E-state index >= 15 is 0 Å². The summed E-state index contributed by atoms with van der Waals surface area (Å²) >= 11 is 0. The Labute approximate surface area is 192 Å². The van der Waals surface area contributed by atoms with Gasteiger partial charge in [-0.2, -0.15) is 0 Å². The van der Waals surface area contributed by atoms with Crippen LogP contribution in [0.15, 0.2) is 0 Å². The molecule has 0 aliphatic heterocycles. The molecule has 0 heterocycles. The number of fused-ring (bicyclic) bond motifs is 5. The number of aliphatic hydroxyl groups excluding tert-OH is 2. The molecule has 2 nitrogen and oxygen atoms in total. The summed E-state index contributed by atoms with van der Waals surface area (Å²) in [7, 11) is 0. The summed E-state index contributed by atoms with van der Waals surface area (Å²) in [6.45, 7) is 5.28. The Balaban J connectivity index is 1.19. The highest BCUT2D eigenvalue weighted by atomic mass is 16.3. The summed E-state index contributed by atoms with van der Waals surface area (Å²) < 4.78 is 0. The molecule has 31 heavy (non-hydrogen) atoms. The van der Waals surface area contributed by atoms with Gasteiger partial charge >= 0.3 is 0 Å². The van der Waals surface area contributed by atoms with E-state index in [1.807, 2.05) is 0 Å². The van der Waals surface area contributed by atoms with Crippen molar-refractivity contribution in [3.8, 4) is 0 Å².